The Hall–Kier alpha value is -2.27. The van der Waals surface area contributed by atoms with Gasteiger partial charge in [-0.2, -0.15) is 4.98 Å². The Balaban J connectivity index is 1.60. The van der Waals surface area contributed by atoms with Crippen LogP contribution in [-0.4, -0.2) is 28.3 Å². The number of nitrogens with zero attached hydrogens (tertiary/aromatic N) is 3. The molecule has 108 valence electrons. The van der Waals surface area contributed by atoms with Crippen LogP contribution < -0.4 is 10.1 Å². The van der Waals surface area contributed by atoms with Crippen molar-refractivity contribution >= 4 is 23.2 Å². The second-order valence-electron chi connectivity index (χ2n) is 4.61. The van der Waals surface area contributed by atoms with E-state index < -0.39 is 0 Å². The zero-order valence-electron chi connectivity index (χ0n) is 11.6. The van der Waals surface area contributed by atoms with E-state index in [1.807, 2.05) is 18.2 Å². The van der Waals surface area contributed by atoms with E-state index in [9.17, 15) is 0 Å². The minimum atomic E-state index is 0.603. The number of pyridine rings is 1. The van der Waals surface area contributed by atoms with Gasteiger partial charge in [-0.3, -0.25) is 0 Å². The number of rotatable bonds is 5. The largest absolute Gasteiger partial charge is 0.497 e. The van der Waals surface area contributed by atoms with Crippen LogP contribution in [-0.2, 0) is 6.42 Å². The molecule has 0 radical (unpaired) electrons. The Morgan fingerprint density at radius 3 is 2.76 bits per heavy atom. The van der Waals surface area contributed by atoms with Gasteiger partial charge in [-0.05, 0) is 36.2 Å². The van der Waals surface area contributed by atoms with E-state index in [2.05, 4.69) is 27.5 Å². The first-order valence-electron chi connectivity index (χ1n) is 6.63. The number of nitrogens with one attached hydrogen (secondary N) is 1. The van der Waals surface area contributed by atoms with Gasteiger partial charge in [0, 0.05) is 12.7 Å². The normalized spacial score (nSPS) is 10.8. The molecule has 5 nitrogen and oxygen atoms in total. The van der Waals surface area contributed by atoms with Gasteiger partial charge in [-0.25, -0.2) is 4.52 Å². The van der Waals surface area contributed by atoms with Gasteiger partial charge >= 0.3 is 0 Å². The topological polar surface area (TPSA) is 51.5 Å². The summed E-state index contributed by atoms with van der Waals surface area (Å²) in [6.45, 7) is 0.761. The summed E-state index contributed by atoms with van der Waals surface area (Å²) >= 11 is 5.92. The van der Waals surface area contributed by atoms with E-state index in [0.717, 1.165) is 24.4 Å². The van der Waals surface area contributed by atoms with Crippen molar-refractivity contribution in [3.8, 4) is 5.75 Å². The van der Waals surface area contributed by atoms with E-state index in [-0.39, 0.29) is 0 Å². The van der Waals surface area contributed by atoms with Crippen LogP contribution in [0.15, 0.2) is 42.6 Å². The number of benzene rings is 1. The van der Waals surface area contributed by atoms with Crippen molar-refractivity contribution in [3.05, 3.63) is 53.2 Å². The number of ether oxygens (including phenoxy) is 1. The number of aromatic nitrogens is 3. The van der Waals surface area contributed by atoms with Crippen molar-refractivity contribution in [2.24, 2.45) is 0 Å². The van der Waals surface area contributed by atoms with E-state index in [1.165, 1.54) is 5.56 Å². The maximum Gasteiger partial charge on any atom is 0.243 e. The monoisotopic (exact) mass is 302 g/mol. The van der Waals surface area contributed by atoms with Crippen molar-refractivity contribution < 1.29 is 4.74 Å². The summed E-state index contributed by atoms with van der Waals surface area (Å²) in [4.78, 5) is 4.37. The predicted molar refractivity (Wildman–Crippen MR) is 83.2 cm³/mol. The minimum Gasteiger partial charge on any atom is -0.497 e. The fourth-order valence-electron chi connectivity index (χ4n) is 2.04. The molecule has 0 saturated heterocycles. The molecule has 0 bridgehead atoms. The first kappa shape index (κ1) is 13.7. The Morgan fingerprint density at radius 2 is 2.00 bits per heavy atom. The molecule has 1 aromatic carbocycles. The fourth-order valence-corrected chi connectivity index (χ4v) is 2.20. The molecular formula is C15H15ClN4O. The van der Waals surface area contributed by atoms with Gasteiger partial charge < -0.3 is 10.1 Å². The van der Waals surface area contributed by atoms with Gasteiger partial charge in [0.25, 0.3) is 0 Å². The van der Waals surface area contributed by atoms with E-state index in [1.54, 1.807) is 23.9 Å². The second kappa shape index (κ2) is 6.01. The fraction of sp³-hybridized carbons (Fsp3) is 0.200. The molecule has 21 heavy (non-hydrogen) atoms. The quantitative estimate of drug-likeness (QED) is 0.787. The lowest BCUT2D eigenvalue weighted by atomic mass is 10.1. The summed E-state index contributed by atoms with van der Waals surface area (Å²) in [5, 5.41) is 8.17. The van der Waals surface area contributed by atoms with E-state index >= 15 is 0 Å². The molecule has 0 saturated carbocycles. The predicted octanol–water partition coefficient (Wildman–Crippen LogP) is 3.05. The molecule has 2 heterocycles. The lowest BCUT2D eigenvalue weighted by molar-refractivity contribution is 0.414. The van der Waals surface area contributed by atoms with Crippen molar-refractivity contribution in [1.82, 2.24) is 14.6 Å². The molecule has 0 fully saturated rings. The number of anilines is 1. The molecule has 1 N–H and O–H groups in total. The molecule has 2 aromatic heterocycles. The molecule has 0 aliphatic carbocycles. The summed E-state index contributed by atoms with van der Waals surface area (Å²) in [5.41, 5.74) is 2.00. The highest BCUT2D eigenvalue weighted by Crippen LogP contribution is 2.13. The molecule has 0 aliphatic heterocycles. The summed E-state index contributed by atoms with van der Waals surface area (Å²) in [7, 11) is 1.66. The number of methoxy groups -OCH3 is 1. The van der Waals surface area contributed by atoms with Gasteiger partial charge in [0.15, 0.2) is 5.65 Å². The molecule has 0 aliphatic rings. The highest BCUT2D eigenvalue weighted by atomic mass is 35.5. The first-order valence-corrected chi connectivity index (χ1v) is 7.01. The van der Waals surface area contributed by atoms with E-state index in [0.29, 0.717) is 11.0 Å². The highest BCUT2D eigenvalue weighted by Gasteiger charge is 2.03. The number of hydrogen-bond donors (Lipinski definition) is 1. The van der Waals surface area contributed by atoms with Crippen LogP contribution in [0.1, 0.15) is 5.56 Å². The zero-order valence-corrected chi connectivity index (χ0v) is 12.3. The lowest BCUT2D eigenvalue weighted by Crippen LogP contribution is -2.06. The van der Waals surface area contributed by atoms with Gasteiger partial charge in [0.05, 0.1) is 12.1 Å². The number of halogens is 1. The van der Waals surface area contributed by atoms with Crippen LogP contribution in [0.3, 0.4) is 0 Å². The van der Waals surface area contributed by atoms with Crippen molar-refractivity contribution in [2.45, 2.75) is 6.42 Å². The smallest absolute Gasteiger partial charge is 0.243 e. The first-order chi connectivity index (χ1) is 10.2. The molecule has 0 amide bonds. The maximum atomic E-state index is 5.92. The van der Waals surface area contributed by atoms with Crippen LogP contribution in [0, 0.1) is 0 Å². The minimum absolute atomic E-state index is 0.603. The standard InChI is InChI=1S/C15H15ClN4O/c1-21-13-5-2-11(3-6-13)8-9-17-15-18-14-7-4-12(16)10-20(14)19-15/h2-7,10H,8-9H2,1H3,(H,17,19). The summed E-state index contributed by atoms with van der Waals surface area (Å²) in [6.07, 6.45) is 2.62. The van der Waals surface area contributed by atoms with Gasteiger partial charge in [0.2, 0.25) is 5.95 Å². The maximum absolute atomic E-state index is 5.92. The number of hydrogen-bond acceptors (Lipinski definition) is 4. The molecule has 6 heteroatoms. The Kier molecular flexibility index (Phi) is 3.92. The van der Waals surface area contributed by atoms with Crippen LogP contribution in [0.25, 0.3) is 5.65 Å². The third-order valence-electron chi connectivity index (χ3n) is 3.15. The summed E-state index contributed by atoms with van der Waals surface area (Å²) in [6, 6.07) is 11.7. The molecule has 0 spiro atoms. The second-order valence-corrected chi connectivity index (χ2v) is 5.05. The van der Waals surface area contributed by atoms with Crippen LogP contribution in [0.4, 0.5) is 5.95 Å². The summed E-state index contributed by atoms with van der Waals surface area (Å²) < 4.78 is 6.80. The third-order valence-corrected chi connectivity index (χ3v) is 3.37. The van der Waals surface area contributed by atoms with Gasteiger partial charge in [-0.15, -0.1) is 5.10 Å². The third kappa shape index (κ3) is 3.25. The van der Waals surface area contributed by atoms with E-state index in [4.69, 9.17) is 16.3 Å². The lowest BCUT2D eigenvalue weighted by Gasteiger charge is -2.04. The molecule has 0 unspecified atom stereocenters. The molecule has 3 rings (SSSR count). The highest BCUT2D eigenvalue weighted by molar-refractivity contribution is 6.30. The molecular weight excluding hydrogens is 288 g/mol. The Morgan fingerprint density at radius 1 is 1.19 bits per heavy atom. The molecule has 3 aromatic rings. The van der Waals surface area contributed by atoms with Crippen LogP contribution in [0.5, 0.6) is 5.75 Å². The SMILES string of the molecule is COc1ccc(CCNc2nc3ccc(Cl)cn3n2)cc1. The summed E-state index contributed by atoms with van der Waals surface area (Å²) in [5.74, 6) is 1.47. The van der Waals surface area contributed by atoms with Crippen LogP contribution >= 0.6 is 11.6 Å². The van der Waals surface area contributed by atoms with Crippen molar-refractivity contribution in [3.63, 3.8) is 0 Å². The van der Waals surface area contributed by atoms with Gasteiger partial charge in [-0.1, -0.05) is 23.7 Å². The van der Waals surface area contributed by atoms with Crippen molar-refractivity contribution in [2.75, 3.05) is 19.0 Å². The average molecular weight is 303 g/mol. The van der Waals surface area contributed by atoms with Crippen LogP contribution in [0.2, 0.25) is 5.02 Å². The van der Waals surface area contributed by atoms with Gasteiger partial charge in [0.1, 0.15) is 5.75 Å². The zero-order chi connectivity index (χ0) is 14.7. The number of fused-ring (bicyclic) bond motifs is 1. The molecule has 0 atom stereocenters. The average Bonchev–Trinajstić information content (AvgIpc) is 2.89. The Bertz CT molecular complexity index is 739. The Labute approximate surface area is 127 Å². The van der Waals surface area contributed by atoms with Crippen molar-refractivity contribution in [1.29, 1.82) is 0 Å².